The van der Waals surface area contributed by atoms with E-state index >= 15 is 0 Å². The van der Waals surface area contributed by atoms with Crippen molar-refractivity contribution >= 4 is 17.3 Å². The Kier molecular flexibility index (Phi) is 3.88. The minimum atomic E-state index is 0.530. The number of benzene rings is 2. The third kappa shape index (κ3) is 3.23. The van der Waals surface area contributed by atoms with Crippen molar-refractivity contribution in [1.29, 1.82) is 0 Å². The van der Waals surface area contributed by atoms with Gasteiger partial charge in [-0.2, -0.15) is 4.98 Å². The van der Waals surface area contributed by atoms with Crippen LogP contribution in [0.25, 0.3) is 0 Å². The number of nitrogens with two attached hydrogens (primary N) is 1. The summed E-state index contributed by atoms with van der Waals surface area (Å²) in [6, 6.07) is 15.3. The van der Waals surface area contributed by atoms with Gasteiger partial charge in [0.25, 0.3) is 0 Å². The van der Waals surface area contributed by atoms with Crippen LogP contribution in [0.1, 0.15) is 22.8 Å². The van der Waals surface area contributed by atoms with E-state index < -0.39 is 0 Å². The Balaban J connectivity index is 1.75. The number of hydrogen-bond acceptors (Lipinski definition) is 4. The molecule has 0 unspecified atom stereocenters. The molecule has 0 aliphatic rings. The monoisotopic (exact) mass is 299 g/mol. The number of nitrogen functional groups attached to an aromatic ring is 1. The maximum atomic E-state index is 6.13. The molecule has 0 fully saturated rings. The Morgan fingerprint density at radius 1 is 0.952 bits per heavy atom. The van der Waals surface area contributed by atoms with E-state index in [2.05, 4.69) is 10.1 Å². The Morgan fingerprint density at radius 3 is 2.43 bits per heavy atom. The first kappa shape index (κ1) is 13.6. The summed E-state index contributed by atoms with van der Waals surface area (Å²) in [5.74, 6) is 1.17. The average Bonchev–Trinajstić information content (AvgIpc) is 2.91. The van der Waals surface area contributed by atoms with Crippen LogP contribution in [-0.2, 0) is 12.8 Å². The van der Waals surface area contributed by atoms with E-state index in [-0.39, 0.29) is 0 Å². The quantitative estimate of drug-likeness (QED) is 0.749. The van der Waals surface area contributed by atoms with E-state index in [1.807, 2.05) is 48.5 Å². The standard InChI is InChI=1S/C16H14ClN3O/c17-13-7-3-1-5-11(13)9-15-19-16(21-20-15)10-12-6-2-4-8-14(12)18/h1-8H,9-10,18H2. The van der Waals surface area contributed by atoms with Crippen molar-refractivity contribution in [2.24, 2.45) is 0 Å². The van der Waals surface area contributed by atoms with Crippen LogP contribution < -0.4 is 5.73 Å². The van der Waals surface area contributed by atoms with Crippen molar-refractivity contribution in [2.45, 2.75) is 12.8 Å². The zero-order chi connectivity index (χ0) is 14.7. The van der Waals surface area contributed by atoms with Crippen LogP contribution in [0, 0.1) is 0 Å². The maximum absolute atomic E-state index is 6.13. The van der Waals surface area contributed by atoms with E-state index in [1.165, 1.54) is 0 Å². The molecule has 3 rings (SSSR count). The smallest absolute Gasteiger partial charge is 0.231 e. The molecule has 0 aliphatic heterocycles. The fourth-order valence-electron chi connectivity index (χ4n) is 2.10. The number of hydrogen-bond donors (Lipinski definition) is 1. The SMILES string of the molecule is Nc1ccccc1Cc1nc(Cc2ccccc2Cl)no1. The average molecular weight is 300 g/mol. The zero-order valence-corrected chi connectivity index (χ0v) is 12.0. The topological polar surface area (TPSA) is 64.9 Å². The number of rotatable bonds is 4. The van der Waals surface area contributed by atoms with Crippen LogP contribution in [0.2, 0.25) is 5.02 Å². The molecule has 0 radical (unpaired) electrons. The molecule has 2 N–H and O–H groups in total. The van der Waals surface area contributed by atoms with Crippen LogP contribution in [0.4, 0.5) is 5.69 Å². The van der Waals surface area contributed by atoms with Crippen LogP contribution in [-0.4, -0.2) is 10.1 Å². The van der Waals surface area contributed by atoms with Crippen LogP contribution in [0.15, 0.2) is 53.1 Å². The lowest BCUT2D eigenvalue weighted by Gasteiger charge is -2.00. The first-order chi connectivity index (χ1) is 10.2. The summed E-state index contributed by atoms with van der Waals surface area (Å²) in [5.41, 5.74) is 8.59. The fourth-order valence-corrected chi connectivity index (χ4v) is 2.31. The molecule has 106 valence electrons. The lowest BCUT2D eigenvalue weighted by Crippen LogP contribution is -1.96. The summed E-state index contributed by atoms with van der Waals surface area (Å²) in [6.45, 7) is 0. The summed E-state index contributed by atoms with van der Waals surface area (Å²) in [6.07, 6.45) is 1.08. The Morgan fingerprint density at radius 2 is 1.67 bits per heavy atom. The molecule has 1 heterocycles. The second kappa shape index (κ2) is 5.97. The van der Waals surface area contributed by atoms with Gasteiger partial charge in [-0.25, -0.2) is 0 Å². The highest BCUT2D eigenvalue weighted by Gasteiger charge is 2.10. The summed E-state index contributed by atoms with van der Waals surface area (Å²) >= 11 is 6.13. The van der Waals surface area contributed by atoms with Crippen molar-refractivity contribution in [1.82, 2.24) is 10.1 Å². The molecule has 0 atom stereocenters. The lowest BCUT2D eigenvalue weighted by atomic mass is 10.1. The number of halogens is 1. The van der Waals surface area contributed by atoms with Crippen LogP contribution >= 0.6 is 11.6 Å². The lowest BCUT2D eigenvalue weighted by molar-refractivity contribution is 0.380. The second-order valence-electron chi connectivity index (χ2n) is 4.75. The number of anilines is 1. The van der Waals surface area contributed by atoms with Gasteiger partial charge in [-0.1, -0.05) is 53.2 Å². The fraction of sp³-hybridized carbons (Fsp3) is 0.125. The van der Waals surface area contributed by atoms with E-state index in [0.29, 0.717) is 29.6 Å². The Labute approximate surface area is 127 Å². The number of nitrogens with zero attached hydrogens (tertiary/aromatic N) is 2. The molecule has 1 aromatic heterocycles. The van der Waals surface area contributed by atoms with Gasteiger partial charge < -0.3 is 10.3 Å². The Bertz CT molecular complexity index is 693. The molecule has 4 nitrogen and oxygen atoms in total. The van der Waals surface area contributed by atoms with Gasteiger partial charge in [0.2, 0.25) is 5.89 Å². The largest absolute Gasteiger partial charge is 0.398 e. The van der Waals surface area contributed by atoms with Crippen LogP contribution in [0.3, 0.4) is 0 Å². The van der Waals surface area contributed by atoms with E-state index in [1.54, 1.807) is 0 Å². The van der Waals surface area contributed by atoms with Gasteiger partial charge in [-0.15, -0.1) is 0 Å². The molecular weight excluding hydrogens is 286 g/mol. The second-order valence-corrected chi connectivity index (χ2v) is 5.16. The number of aromatic nitrogens is 2. The maximum Gasteiger partial charge on any atom is 0.231 e. The van der Waals surface area contributed by atoms with Gasteiger partial charge >= 0.3 is 0 Å². The van der Waals surface area contributed by atoms with E-state index in [0.717, 1.165) is 16.8 Å². The van der Waals surface area contributed by atoms with Gasteiger partial charge in [0.05, 0.1) is 6.42 Å². The van der Waals surface area contributed by atoms with Crippen molar-refractivity contribution in [3.8, 4) is 0 Å². The van der Waals surface area contributed by atoms with Crippen molar-refractivity contribution < 1.29 is 4.52 Å². The van der Waals surface area contributed by atoms with Crippen molar-refractivity contribution in [3.05, 3.63) is 76.4 Å². The predicted octanol–water partition coefficient (Wildman–Crippen LogP) is 3.49. The van der Waals surface area contributed by atoms with Gasteiger partial charge in [0, 0.05) is 17.1 Å². The first-order valence-corrected chi connectivity index (χ1v) is 6.98. The minimum Gasteiger partial charge on any atom is -0.398 e. The Hall–Kier alpha value is -2.33. The molecule has 0 amide bonds. The van der Waals surface area contributed by atoms with E-state index in [9.17, 15) is 0 Å². The highest BCUT2D eigenvalue weighted by Crippen LogP contribution is 2.19. The van der Waals surface area contributed by atoms with Gasteiger partial charge in [-0.3, -0.25) is 0 Å². The molecule has 0 spiro atoms. The zero-order valence-electron chi connectivity index (χ0n) is 11.3. The predicted molar refractivity (Wildman–Crippen MR) is 82.2 cm³/mol. The third-order valence-corrected chi connectivity index (χ3v) is 3.58. The third-order valence-electron chi connectivity index (χ3n) is 3.21. The summed E-state index contributed by atoms with van der Waals surface area (Å²) < 4.78 is 5.28. The molecular formula is C16H14ClN3O. The number of para-hydroxylation sites is 1. The van der Waals surface area contributed by atoms with Crippen LogP contribution in [0.5, 0.6) is 0 Å². The summed E-state index contributed by atoms with van der Waals surface area (Å²) in [5, 5.41) is 4.70. The van der Waals surface area contributed by atoms with Gasteiger partial charge in [-0.05, 0) is 23.3 Å². The highest BCUT2D eigenvalue weighted by atomic mass is 35.5. The molecule has 5 heteroatoms. The molecule has 2 aromatic carbocycles. The molecule has 0 saturated heterocycles. The molecule has 0 aliphatic carbocycles. The van der Waals surface area contributed by atoms with Gasteiger partial charge in [0.15, 0.2) is 5.82 Å². The summed E-state index contributed by atoms with van der Waals surface area (Å²) in [4.78, 5) is 4.39. The first-order valence-electron chi connectivity index (χ1n) is 6.60. The van der Waals surface area contributed by atoms with E-state index in [4.69, 9.17) is 21.9 Å². The molecule has 3 aromatic rings. The summed E-state index contributed by atoms with van der Waals surface area (Å²) in [7, 11) is 0. The molecule has 0 bridgehead atoms. The minimum absolute atomic E-state index is 0.530. The molecule has 0 saturated carbocycles. The van der Waals surface area contributed by atoms with Gasteiger partial charge in [0.1, 0.15) is 0 Å². The van der Waals surface area contributed by atoms with Crippen molar-refractivity contribution in [3.63, 3.8) is 0 Å². The molecule has 21 heavy (non-hydrogen) atoms. The van der Waals surface area contributed by atoms with Crippen molar-refractivity contribution in [2.75, 3.05) is 5.73 Å². The normalized spacial score (nSPS) is 10.7. The highest BCUT2D eigenvalue weighted by molar-refractivity contribution is 6.31.